The molecule has 0 saturated carbocycles. The fourth-order valence-corrected chi connectivity index (χ4v) is 6.98. The Morgan fingerprint density at radius 2 is 1.73 bits per heavy atom. The molecule has 0 radical (unpaired) electrons. The van der Waals surface area contributed by atoms with Crippen molar-refractivity contribution < 1.29 is 19.2 Å². The van der Waals surface area contributed by atoms with Crippen molar-refractivity contribution in [3.8, 4) is 11.3 Å². The quantitative estimate of drug-likeness (QED) is 0.365. The van der Waals surface area contributed by atoms with E-state index in [0.29, 0.717) is 0 Å². The van der Waals surface area contributed by atoms with E-state index in [2.05, 4.69) is 88.1 Å². The number of likely N-dealkylation sites (N-methyl/N-ethyl adjacent to an activating group) is 1. The topological polar surface area (TPSA) is 72.2 Å². The Bertz CT molecular complexity index is 1520. The van der Waals surface area contributed by atoms with E-state index >= 15 is 0 Å². The first-order valence-electron chi connectivity index (χ1n) is 16.4. The molecule has 1 atom stereocenters. The van der Waals surface area contributed by atoms with Gasteiger partial charge in [0.15, 0.2) is 0 Å². The average molecular weight is 603 g/mol. The SMILES string of the molecule is COC(C)c1ncc(N2CCN(C)CC2)cc1-c1c(CC(C)(C)CO)c2cc(B3OC(C)(C)C(C)(C)O3)cc3c2n1CCC3. The number of benzene rings is 1. The zero-order valence-corrected chi connectivity index (χ0v) is 28.3. The lowest BCUT2D eigenvalue weighted by molar-refractivity contribution is 0.00578. The van der Waals surface area contributed by atoms with Crippen LogP contribution in [0, 0.1) is 5.41 Å². The third kappa shape index (κ3) is 5.49. The second-order valence-corrected chi connectivity index (χ2v) is 15.0. The molecule has 3 aliphatic heterocycles. The third-order valence-corrected chi connectivity index (χ3v) is 10.6. The maximum atomic E-state index is 10.5. The highest BCUT2D eigenvalue weighted by Gasteiger charge is 2.52. The minimum Gasteiger partial charge on any atom is -0.399 e. The van der Waals surface area contributed by atoms with Gasteiger partial charge in [0.2, 0.25) is 0 Å². The fourth-order valence-electron chi connectivity index (χ4n) is 6.98. The lowest BCUT2D eigenvalue weighted by Gasteiger charge is -2.34. The number of methoxy groups -OCH3 is 1. The minimum atomic E-state index is -0.431. The Balaban J connectivity index is 1.59. The molecule has 238 valence electrons. The summed E-state index contributed by atoms with van der Waals surface area (Å²) in [5.41, 5.74) is 8.23. The van der Waals surface area contributed by atoms with Crippen LogP contribution in [0.4, 0.5) is 5.69 Å². The normalized spacial score (nSPS) is 21.0. The lowest BCUT2D eigenvalue weighted by atomic mass is 9.76. The second-order valence-electron chi connectivity index (χ2n) is 15.0. The molecule has 9 heteroatoms. The number of ether oxygens (including phenoxy) is 1. The van der Waals surface area contributed by atoms with Crippen molar-refractivity contribution in [2.45, 2.75) is 91.6 Å². The highest BCUT2D eigenvalue weighted by atomic mass is 16.7. The number of aryl methyl sites for hydroxylation is 2. The molecule has 6 rings (SSSR count). The summed E-state index contributed by atoms with van der Waals surface area (Å²) in [6, 6.07) is 6.95. The van der Waals surface area contributed by atoms with Gasteiger partial charge in [-0.2, -0.15) is 0 Å². The van der Waals surface area contributed by atoms with E-state index in [0.717, 1.165) is 74.4 Å². The van der Waals surface area contributed by atoms with Crippen LogP contribution in [0.5, 0.6) is 0 Å². The van der Waals surface area contributed by atoms with Crippen molar-refractivity contribution in [2.75, 3.05) is 51.8 Å². The Morgan fingerprint density at radius 3 is 2.36 bits per heavy atom. The number of aliphatic hydroxyl groups excluding tert-OH is 1. The van der Waals surface area contributed by atoms with Gasteiger partial charge in [-0.3, -0.25) is 4.98 Å². The van der Waals surface area contributed by atoms with Crippen LogP contribution in [0.2, 0.25) is 0 Å². The number of hydrogen-bond donors (Lipinski definition) is 1. The van der Waals surface area contributed by atoms with Crippen molar-refractivity contribution >= 4 is 29.2 Å². The highest BCUT2D eigenvalue weighted by Crippen LogP contribution is 2.44. The van der Waals surface area contributed by atoms with Gasteiger partial charge in [-0.15, -0.1) is 0 Å². The molecule has 3 aromatic rings. The van der Waals surface area contributed by atoms with E-state index < -0.39 is 18.3 Å². The van der Waals surface area contributed by atoms with Crippen LogP contribution in [-0.4, -0.2) is 84.8 Å². The van der Waals surface area contributed by atoms with Gasteiger partial charge in [0, 0.05) is 57.4 Å². The molecule has 2 aromatic heterocycles. The highest BCUT2D eigenvalue weighted by molar-refractivity contribution is 6.62. The van der Waals surface area contributed by atoms with Crippen LogP contribution in [0.15, 0.2) is 24.4 Å². The number of piperazine rings is 1. The summed E-state index contributed by atoms with van der Waals surface area (Å²) >= 11 is 0. The minimum absolute atomic E-state index is 0.101. The molecule has 1 aromatic carbocycles. The maximum Gasteiger partial charge on any atom is 0.494 e. The van der Waals surface area contributed by atoms with E-state index in [1.54, 1.807) is 7.11 Å². The van der Waals surface area contributed by atoms with Gasteiger partial charge < -0.3 is 33.5 Å². The van der Waals surface area contributed by atoms with Gasteiger partial charge in [0.1, 0.15) is 0 Å². The van der Waals surface area contributed by atoms with Crippen LogP contribution in [0.1, 0.15) is 77.8 Å². The first-order valence-corrected chi connectivity index (χ1v) is 16.4. The third-order valence-electron chi connectivity index (χ3n) is 10.6. The van der Waals surface area contributed by atoms with Crippen LogP contribution in [0.25, 0.3) is 22.2 Å². The standard InChI is InChI=1S/C35H51BN4O4/c1-23(42-9)30-28(19-26(21-37-30)39-15-13-38(8)14-16-39)32-29(20-33(2,3)22-41)27-18-25(17-24-11-10-12-40(32)31(24)27)36-43-34(4,5)35(6,7)44-36/h17-19,21,23,41H,10-16,20,22H2,1-9H3. The summed E-state index contributed by atoms with van der Waals surface area (Å²) in [7, 11) is 3.51. The summed E-state index contributed by atoms with van der Waals surface area (Å²) in [6.45, 7) is 19.9. The van der Waals surface area contributed by atoms with Gasteiger partial charge in [0.25, 0.3) is 0 Å². The van der Waals surface area contributed by atoms with Crippen LogP contribution >= 0.6 is 0 Å². The van der Waals surface area contributed by atoms with E-state index in [1.165, 1.54) is 27.7 Å². The molecular weight excluding hydrogens is 551 g/mol. The number of hydrogen-bond acceptors (Lipinski definition) is 7. The maximum absolute atomic E-state index is 10.5. The summed E-state index contributed by atoms with van der Waals surface area (Å²) in [4.78, 5) is 9.93. The summed E-state index contributed by atoms with van der Waals surface area (Å²) in [6.07, 6.45) is 4.66. The molecule has 0 bridgehead atoms. The van der Waals surface area contributed by atoms with Gasteiger partial charge in [0.05, 0.1) is 46.1 Å². The smallest absolute Gasteiger partial charge is 0.399 e. The van der Waals surface area contributed by atoms with Crippen molar-refractivity contribution in [3.63, 3.8) is 0 Å². The summed E-state index contributed by atoms with van der Waals surface area (Å²) in [5, 5.41) is 11.7. The molecule has 0 aliphatic carbocycles. The molecule has 3 aliphatic rings. The van der Waals surface area contributed by atoms with Gasteiger partial charge >= 0.3 is 7.12 Å². The summed E-state index contributed by atoms with van der Waals surface area (Å²) < 4.78 is 21.5. The van der Waals surface area contributed by atoms with E-state index in [-0.39, 0.29) is 18.1 Å². The van der Waals surface area contributed by atoms with E-state index in [9.17, 15) is 5.11 Å². The number of anilines is 1. The van der Waals surface area contributed by atoms with Gasteiger partial charge in [-0.25, -0.2) is 0 Å². The predicted molar refractivity (Wildman–Crippen MR) is 179 cm³/mol. The first kappa shape index (κ1) is 31.6. The first-order chi connectivity index (χ1) is 20.7. The van der Waals surface area contributed by atoms with Crippen molar-refractivity contribution in [3.05, 3.63) is 41.2 Å². The fraction of sp³-hybridized carbons (Fsp3) is 0.629. The summed E-state index contributed by atoms with van der Waals surface area (Å²) in [5.74, 6) is 0. The largest absolute Gasteiger partial charge is 0.494 e. The monoisotopic (exact) mass is 602 g/mol. The van der Waals surface area contributed by atoms with E-state index in [4.69, 9.17) is 19.0 Å². The molecular formula is C35H51BN4O4. The molecule has 8 nitrogen and oxygen atoms in total. The number of nitrogens with zero attached hydrogens (tertiary/aromatic N) is 4. The van der Waals surface area contributed by atoms with Crippen LogP contribution in [0.3, 0.4) is 0 Å². The molecule has 1 N–H and O–H groups in total. The van der Waals surface area contributed by atoms with Crippen LogP contribution < -0.4 is 10.4 Å². The zero-order chi connectivity index (χ0) is 31.6. The lowest BCUT2D eigenvalue weighted by Crippen LogP contribution is -2.44. The average Bonchev–Trinajstić information content (AvgIpc) is 3.41. The molecule has 5 heterocycles. The Morgan fingerprint density at radius 1 is 1.05 bits per heavy atom. The Labute approximate surface area is 263 Å². The number of aliphatic hydroxyl groups is 1. The number of pyridine rings is 1. The predicted octanol–water partition coefficient (Wildman–Crippen LogP) is 4.97. The Hall–Kier alpha value is -2.43. The van der Waals surface area contributed by atoms with E-state index in [1.807, 2.05) is 6.20 Å². The molecule has 44 heavy (non-hydrogen) atoms. The van der Waals surface area contributed by atoms with Gasteiger partial charge in [-0.05, 0) is 89.0 Å². The molecule has 2 saturated heterocycles. The molecule has 0 spiro atoms. The molecule has 1 unspecified atom stereocenters. The zero-order valence-electron chi connectivity index (χ0n) is 28.3. The second kappa shape index (κ2) is 11.4. The Kier molecular flexibility index (Phi) is 8.19. The van der Waals surface area contributed by atoms with Crippen molar-refractivity contribution in [1.82, 2.24) is 14.5 Å². The van der Waals surface area contributed by atoms with Gasteiger partial charge in [-0.1, -0.05) is 26.0 Å². The number of aromatic nitrogens is 2. The van der Waals surface area contributed by atoms with Crippen molar-refractivity contribution in [2.24, 2.45) is 5.41 Å². The molecule has 0 amide bonds. The molecule has 2 fully saturated rings. The number of rotatable bonds is 8. The van der Waals surface area contributed by atoms with Crippen molar-refractivity contribution in [1.29, 1.82) is 0 Å². The van der Waals surface area contributed by atoms with Crippen LogP contribution in [-0.2, 0) is 33.4 Å².